The van der Waals surface area contributed by atoms with Gasteiger partial charge in [-0.15, -0.1) is 0 Å². The molecule has 1 aliphatic rings. The second kappa shape index (κ2) is 9.26. The fourth-order valence-corrected chi connectivity index (χ4v) is 3.18. The summed E-state index contributed by atoms with van der Waals surface area (Å²) in [5.74, 6) is 1.38. The number of carbonyl (C=O) groups excluding carboxylic acids is 1. The van der Waals surface area contributed by atoms with Crippen LogP contribution >= 0.6 is 0 Å². The maximum atomic E-state index is 12.1. The first kappa shape index (κ1) is 19.0. The van der Waals surface area contributed by atoms with E-state index in [1.807, 2.05) is 44.2 Å². The van der Waals surface area contributed by atoms with Crippen LogP contribution in [0.2, 0.25) is 0 Å². The molecule has 6 heteroatoms. The summed E-state index contributed by atoms with van der Waals surface area (Å²) in [6.45, 7) is 4.01. The second-order valence-corrected chi connectivity index (χ2v) is 7.18. The van der Waals surface area contributed by atoms with Gasteiger partial charge in [0.2, 0.25) is 0 Å². The van der Waals surface area contributed by atoms with E-state index in [2.05, 4.69) is 20.9 Å². The molecule has 6 nitrogen and oxygen atoms in total. The molecule has 0 spiro atoms. The standard InChI is InChI=1S/C21H28N4O2/c1-15(2)27-19-11-8-17(9-12-19)23-18-10-13-20(22-14-18)25-21(26)24-16-6-4-3-5-7-16/h8-16,23H,3-7H2,1-2H3,(H2,22,24,25,26). The Morgan fingerprint density at radius 2 is 1.74 bits per heavy atom. The minimum Gasteiger partial charge on any atom is -0.491 e. The van der Waals surface area contributed by atoms with Gasteiger partial charge in [0.25, 0.3) is 0 Å². The molecule has 1 heterocycles. The minimum absolute atomic E-state index is 0.156. The first-order valence-electron chi connectivity index (χ1n) is 9.66. The lowest BCUT2D eigenvalue weighted by Crippen LogP contribution is -2.39. The van der Waals surface area contributed by atoms with Crippen molar-refractivity contribution in [2.45, 2.75) is 58.1 Å². The Bertz CT molecular complexity index is 723. The minimum atomic E-state index is -0.184. The molecule has 2 amide bonds. The van der Waals surface area contributed by atoms with Crippen molar-refractivity contribution in [3.63, 3.8) is 0 Å². The largest absolute Gasteiger partial charge is 0.491 e. The van der Waals surface area contributed by atoms with Crippen molar-refractivity contribution in [2.75, 3.05) is 10.6 Å². The Morgan fingerprint density at radius 1 is 1.04 bits per heavy atom. The number of rotatable bonds is 6. The Morgan fingerprint density at radius 3 is 2.37 bits per heavy atom. The topological polar surface area (TPSA) is 75.3 Å². The maximum absolute atomic E-state index is 12.1. The number of nitrogens with zero attached hydrogens (tertiary/aromatic N) is 1. The zero-order chi connectivity index (χ0) is 19.1. The fraction of sp³-hybridized carbons (Fsp3) is 0.429. The number of urea groups is 1. The van der Waals surface area contributed by atoms with Crippen LogP contribution in [0.5, 0.6) is 5.75 Å². The monoisotopic (exact) mass is 368 g/mol. The highest BCUT2D eigenvalue weighted by Crippen LogP contribution is 2.21. The first-order valence-corrected chi connectivity index (χ1v) is 9.66. The molecule has 0 saturated heterocycles. The van der Waals surface area contributed by atoms with E-state index in [0.29, 0.717) is 5.82 Å². The second-order valence-electron chi connectivity index (χ2n) is 7.18. The summed E-state index contributed by atoms with van der Waals surface area (Å²) in [5.41, 5.74) is 1.80. The zero-order valence-electron chi connectivity index (χ0n) is 16.0. The van der Waals surface area contributed by atoms with E-state index in [4.69, 9.17) is 4.74 Å². The van der Waals surface area contributed by atoms with Gasteiger partial charge in [-0.05, 0) is 63.1 Å². The van der Waals surface area contributed by atoms with Crippen molar-refractivity contribution in [2.24, 2.45) is 0 Å². The Labute approximate surface area is 160 Å². The van der Waals surface area contributed by atoms with E-state index < -0.39 is 0 Å². The van der Waals surface area contributed by atoms with E-state index in [1.54, 1.807) is 12.3 Å². The third kappa shape index (κ3) is 6.16. The van der Waals surface area contributed by atoms with Crippen LogP contribution in [-0.2, 0) is 0 Å². The average Bonchev–Trinajstić information content (AvgIpc) is 2.65. The zero-order valence-corrected chi connectivity index (χ0v) is 16.0. The van der Waals surface area contributed by atoms with Crippen molar-refractivity contribution >= 4 is 23.2 Å². The molecule has 1 aliphatic carbocycles. The predicted octanol–water partition coefficient (Wildman–Crippen LogP) is 5.07. The summed E-state index contributed by atoms with van der Waals surface area (Å²) in [7, 11) is 0. The average molecular weight is 368 g/mol. The van der Waals surface area contributed by atoms with Gasteiger partial charge in [0, 0.05) is 11.7 Å². The number of amides is 2. The van der Waals surface area contributed by atoms with Gasteiger partial charge in [0.1, 0.15) is 11.6 Å². The molecule has 0 unspecified atom stereocenters. The van der Waals surface area contributed by atoms with Gasteiger partial charge in [-0.2, -0.15) is 0 Å². The van der Waals surface area contributed by atoms with Crippen molar-refractivity contribution < 1.29 is 9.53 Å². The molecule has 0 bridgehead atoms. The molecule has 1 fully saturated rings. The Balaban J connectivity index is 1.50. The molecular formula is C21H28N4O2. The maximum Gasteiger partial charge on any atom is 0.320 e. The number of anilines is 3. The summed E-state index contributed by atoms with van der Waals surface area (Å²) < 4.78 is 5.64. The third-order valence-corrected chi connectivity index (χ3v) is 4.46. The van der Waals surface area contributed by atoms with Crippen molar-refractivity contribution in [1.82, 2.24) is 10.3 Å². The Kier molecular flexibility index (Phi) is 6.52. The normalized spacial score (nSPS) is 14.6. The highest BCUT2D eigenvalue weighted by molar-refractivity contribution is 5.88. The number of benzene rings is 1. The molecular weight excluding hydrogens is 340 g/mol. The quantitative estimate of drug-likeness (QED) is 0.666. The first-order chi connectivity index (χ1) is 13.1. The lowest BCUT2D eigenvalue weighted by Gasteiger charge is -2.22. The van der Waals surface area contributed by atoms with E-state index in [0.717, 1.165) is 30.0 Å². The molecule has 0 atom stereocenters. The molecule has 1 aromatic heterocycles. The number of carbonyl (C=O) groups is 1. The molecule has 3 N–H and O–H groups in total. The van der Waals surface area contributed by atoms with Crippen LogP contribution in [0.25, 0.3) is 0 Å². The number of hydrogen-bond donors (Lipinski definition) is 3. The van der Waals surface area contributed by atoms with Gasteiger partial charge in [0.15, 0.2) is 0 Å². The van der Waals surface area contributed by atoms with Crippen LogP contribution < -0.4 is 20.7 Å². The molecule has 0 radical (unpaired) electrons. The van der Waals surface area contributed by atoms with Crippen molar-refractivity contribution in [3.8, 4) is 5.75 Å². The number of nitrogens with one attached hydrogen (secondary N) is 3. The molecule has 1 aromatic carbocycles. The predicted molar refractivity (Wildman–Crippen MR) is 109 cm³/mol. The molecule has 27 heavy (non-hydrogen) atoms. The summed E-state index contributed by atoms with van der Waals surface area (Å²) in [4.78, 5) is 16.4. The van der Waals surface area contributed by atoms with E-state index in [1.165, 1.54) is 19.3 Å². The van der Waals surface area contributed by atoms with E-state index >= 15 is 0 Å². The third-order valence-electron chi connectivity index (χ3n) is 4.46. The summed E-state index contributed by atoms with van der Waals surface area (Å²) in [5, 5.41) is 9.11. The lowest BCUT2D eigenvalue weighted by molar-refractivity contribution is 0.242. The Hall–Kier alpha value is -2.76. The number of ether oxygens (including phenoxy) is 1. The van der Waals surface area contributed by atoms with Crippen LogP contribution in [-0.4, -0.2) is 23.2 Å². The fourth-order valence-electron chi connectivity index (χ4n) is 3.18. The number of hydrogen-bond acceptors (Lipinski definition) is 4. The number of pyridine rings is 1. The molecule has 2 aromatic rings. The van der Waals surface area contributed by atoms with Gasteiger partial charge in [-0.3, -0.25) is 5.32 Å². The lowest BCUT2D eigenvalue weighted by atomic mass is 9.96. The van der Waals surface area contributed by atoms with Crippen LogP contribution in [0.15, 0.2) is 42.6 Å². The molecule has 3 rings (SSSR count). The van der Waals surface area contributed by atoms with Crippen LogP contribution in [0.1, 0.15) is 46.0 Å². The highest BCUT2D eigenvalue weighted by Gasteiger charge is 2.15. The molecule has 1 saturated carbocycles. The summed E-state index contributed by atoms with van der Waals surface area (Å²) in [6.07, 6.45) is 7.62. The van der Waals surface area contributed by atoms with Gasteiger partial charge >= 0.3 is 6.03 Å². The van der Waals surface area contributed by atoms with Gasteiger partial charge in [-0.25, -0.2) is 9.78 Å². The van der Waals surface area contributed by atoms with Gasteiger partial charge in [0.05, 0.1) is 18.0 Å². The van der Waals surface area contributed by atoms with Crippen LogP contribution in [0.3, 0.4) is 0 Å². The van der Waals surface area contributed by atoms with Gasteiger partial charge < -0.3 is 15.4 Å². The number of aromatic nitrogens is 1. The van der Waals surface area contributed by atoms with Crippen LogP contribution in [0, 0.1) is 0 Å². The highest BCUT2D eigenvalue weighted by atomic mass is 16.5. The summed E-state index contributed by atoms with van der Waals surface area (Å²) >= 11 is 0. The van der Waals surface area contributed by atoms with Gasteiger partial charge in [-0.1, -0.05) is 19.3 Å². The van der Waals surface area contributed by atoms with Crippen molar-refractivity contribution in [3.05, 3.63) is 42.6 Å². The van der Waals surface area contributed by atoms with Crippen LogP contribution in [0.4, 0.5) is 22.0 Å². The summed E-state index contributed by atoms with van der Waals surface area (Å²) in [6, 6.07) is 11.6. The van der Waals surface area contributed by atoms with E-state index in [9.17, 15) is 4.79 Å². The van der Waals surface area contributed by atoms with E-state index in [-0.39, 0.29) is 18.2 Å². The molecule has 144 valence electrons. The smallest absolute Gasteiger partial charge is 0.320 e. The molecule has 0 aliphatic heterocycles. The van der Waals surface area contributed by atoms with Crippen molar-refractivity contribution in [1.29, 1.82) is 0 Å². The SMILES string of the molecule is CC(C)Oc1ccc(Nc2ccc(NC(=O)NC3CCCCC3)nc2)cc1.